The highest BCUT2D eigenvalue weighted by molar-refractivity contribution is 5.18. The van der Waals surface area contributed by atoms with Crippen LogP contribution in [-0.4, -0.2) is 56.4 Å². The smallest absolute Gasteiger partial charge is 0.0615 e. The molecule has 2 unspecified atom stereocenters. The molecule has 0 radical (unpaired) electrons. The molecule has 114 valence electrons. The summed E-state index contributed by atoms with van der Waals surface area (Å²) < 4.78 is 10.5. The Morgan fingerprint density at radius 3 is 2.55 bits per heavy atom. The third-order valence-electron chi connectivity index (χ3n) is 3.47. The second kappa shape index (κ2) is 9.02. The molecule has 0 aromatic carbocycles. The van der Waals surface area contributed by atoms with E-state index in [1.807, 2.05) is 19.2 Å². The molecule has 1 rings (SSSR count). The minimum atomic E-state index is 0.128. The van der Waals surface area contributed by atoms with E-state index in [0.717, 1.165) is 17.8 Å². The average Bonchev–Trinajstić information content (AvgIpc) is 2.45. The summed E-state index contributed by atoms with van der Waals surface area (Å²) in [7, 11) is 3.43. The predicted molar refractivity (Wildman–Crippen MR) is 80.7 cm³/mol. The van der Waals surface area contributed by atoms with Crippen molar-refractivity contribution in [2.45, 2.75) is 25.9 Å². The molecule has 0 bridgehead atoms. The van der Waals surface area contributed by atoms with Crippen molar-refractivity contribution in [3.05, 3.63) is 29.6 Å². The predicted octanol–water partition coefficient (Wildman–Crippen LogP) is 1.37. The normalized spacial score (nSPS) is 14.5. The van der Waals surface area contributed by atoms with E-state index in [9.17, 15) is 0 Å². The minimum absolute atomic E-state index is 0.128. The Hall–Kier alpha value is -1.01. The van der Waals surface area contributed by atoms with Gasteiger partial charge in [0, 0.05) is 51.3 Å². The molecule has 0 aliphatic carbocycles. The Bertz CT molecular complexity index is 370. The molecule has 2 N–H and O–H groups in total. The van der Waals surface area contributed by atoms with Gasteiger partial charge in [0.15, 0.2) is 0 Å². The van der Waals surface area contributed by atoms with E-state index in [1.165, 1.54) is 0 Å². The van der Waals surface area contributed by atoms with Crippen LogP contribution in [-0.2, 0) is 9.47 Å². The van der Waals surface area contributed by atoms with E-state index in [0.29, 0.717) is 19.8 Å². The highest BCUT2D eigenvalue weighted by Gasteiger charge is 2.24. The van der Waals surface area contributed by atoms with Crippen LogP contribution in [0.1, 0.15) is 24.2 Å². The van der Waals surface area contributed by atoms with Crippen LogP contribution in [0.3, 0.4) is 0 Å². The van der Waals surface area contributed by atoms with E-state index in [4.69, 9.17) is 15.2 Å². The number of aryl methyl sites for hydroxylation is 1. The zero-order valence-corrected chi connectivity index (χ0v) is 13.0. The molecule has 0 aliphatic heterocycles. The Labute approximate surface area is 122 Å². The summed E-state index contributed by atoms with van der Waals surface area (Å²) in [4.78, 5) is 6.69. The molecule has 0 spiro atoms. The van der Waals surface area contributed by atoms with Crippen LogP contribution < -0.4 is 5.73 Å². The second-order valence-corrected chi connectivity index (χ2v) is 5.02. The molecule has 0 fully saturated rings. The van der Waals surface area contributed by atoms with Crippen molar-refractivity contribution in [3.63, 3.8) is 0 Å². The van der Waals surface area contributed by atoms with E-state index < -0.39 is 0 Å². The summed E-state index contributed by atoms with van der Waals surface area (Å²) >= 11 is 0. The van der Waals surface area contributed by atoms with Gasteiger partial charge in [0.05, 0.1) is 13.2 Å². The SMILES string of the molecule is COCCN(C(C)COC)C(CN)c1ccc(C)nc1. The number of ether oxygens (including phenoxy) is 2. The van der Waals surface area contributed by atoms with Gasteiger partial charge in [-0.3, -0.25) is 9.88 Å². The molecule has 5 heteroatoms. The van der Waals surface area contributed by atoms with Gasteiger partial charge in [0.1, 0.15) is 0 Å². The van der Waals surface area contributed by atoms with Crippen molar-refractivity contribution in [3.8, 4) is 0 Å². The highest BCUT2D eigenvalue weighted by atomic mass is 16.5. The number of rotatable bonds is 9. The first-order valence-corrected chi connectivity index (χ1v) is 7.00. The van der Waals surface area contributed by atoms with Crippen LogP contribution in [0, 0.1) is 6.92 Å². The summed E-state index contributed by atoms with van der Waals surface area (Å²) in [6.45, 7) is 6.82. The largest absolute Gasteiger partial charge is 0.383 e. The van der Waals surface area contributed by atoms with Crippen molar-refractivity contribution in [1.29, 1.82) is 0 Å². The Balaban J connectivity index is 2.91. The van der Waals surface area contributed by atoms with E-state index >= 15 is 0 Å². The molecule has 0 aliphatic rings. The van der Waals surface area contributed by atoms with Crippen LogP contribution >= 0.6 is 0 Å². The molecule has 5 nitrogen and oxygen atoms in total. The first-order valence-electron chi connectivity index (χ1n) is 7.00. The molecular weight excluding hydrogens is 254 g/mol. The van der Waals surface area contributed by atoms with E-state index in [-0.39, 0.29) is 12.1 Å². The van der Waals surface area contributed by atoms with Gasteiger partial charge in [0.2, 0.25) is 0 Å². The maximum atomic E-state index is 6.00. The topological polar surface area (TPSA) is 60.6 Å². The van der Waals surface area contributed by atoms with Crippen molar-refractivity contribution in [1.82, 2.24) is 9.88 Å². The summed E-state index contributed by atoms with van der Waals surface area (Å²) in [6, 6.07) is 4.51. The van der Waals surface area contributed by atoms with Crippen LogP contribution in [0.5, 0.6) is 0 Å². The molecule has 0 saturated carbocycles. The zero-order chi connectivity index (χ0) is 15.0. The third-order valence-corrected chi connectivity index (χ3v) is 3.47. The number of pyridine rings is 1. The summed E-state index contributed by atoms with van der Waals surface area (Å²) in [5.41, 5.74) is 8.15. The van der Waals surface area contributed by atoms with Crippen LogP contribution in [0.4, 0.5) is 0 Å². The zero-order valence-electron chi connectivity index (χ0n) is 13.0. The van der Waals surface area contributed by atoms with Crippen molar-refractivity contribution in [2.24, 2.45) is 5.73 Å². The molecule has 20 heavy (non-hydrogen) atoms. The number of methoxy groups -OCH3 is 2. The monoisotopic (exact) mass is 281 g/mol. The van der Waals surface area contributed by atoms with Gasteiger partial charge in [-0.15, -0.1) is 0 Å². The van der Waals surface area contributed by atoms with Gasteiger partial charge < -0.3 is 15.2 Å². The van der Waals surface area contributed by atoms with Gasteiger partial charge in [-0.25, -0.2) is 0 Å². The molecule has 0 amide bonds. The van der Waals surface area contributed by atoms with E-state index in [2.05, 4.69) is 22.9 Å². The highest BCUT2D eigenvalue weighted by Crippen LogP contribution is 2.21. The van der Waals surface area contributed by atoms with Crippen LogP contribution in [0.2, 0.25) is 0 Å². The van der Waals surface area contributed by atoms with Crippen molar-refractivity contribution in [2.75, 3.05) is 40.5 Å². The quantitative estimate of drug-likeness (QED) is 0.741. The van der Waals surface area contributed by atoms with Crippen LogP contribution in [0.25, 0.3) is 0 Å². The third kappa shape index (κ3) is 4.83. The molecule has 0 saturated heterocycles. The van der Waals surface area contributed by atoms with Crippen LogP contribution in [0.15, 0.2) is 18.3 Å². The maximum Gasteiger partial charge on any atom is 0.0615 e. The summed E-state index contributed by atoms with van der Waals surface area (Å²) in [6.07, 6.45) is 1.91. The molecule has 2 atom stereocenters. The van der Waals surface area contributed by atoms with Gasteiger partial charge in [0.25, 0.3) is 0 Å². The minimum Gasteiger partial charge on any atom is -0.383 e. The second-order valence-electron chi connectivity index (χ2n) is 5.02. The Kier molecular flexibility index (Phi) is 7.69. The molecule has 1 aromatic heterocycles. The fraction of sp³-hybridized carbons (Fsp3) is 0.667. The average molecular weight is 281 g/mol. The number of nitrogens with zero attached hydrogens (tertiary/aromatic N) is 2. The first-order chi connectivity index (χ1) is 9.63. The van der Waals surface area contributed by atoms with Gasteiger partial charge >= 0.3 is 0 Å². The lowest BCUT2D eigenvalue weighted by atomic mass is 10.1. The summed E-state index contributed by atoms with van der Waals surface area (Å²) in [5, 5.41) is 0. The van der Waals surface area contributed by atoms with Crippen molar-refractivity contribution >= 4 is 0 Å². The van der Waals surface area contributed by atoms with Crippen molar-refractivity contribution < 1.29 is 9.47 Å². The number of nitrogens with two attached hydrogens (primary N) is 1. The molecule has 1 aromatic rings. The maximum absolute atomic E-state index is 6.00. The lowest BCUT2D eigenvalue weighted by Gasteiger charge is -2.35. The molecule has 1 heterocycles. The van der Waals surface area contributed by atoms with Gasteiger partial charge in [-0.1, -0.05) is 6.07 Å². The number of aromatic nitrogens is 1. The number of hydrogen-bond donors (Lipinski definition) is 1. The van der Waals surface area contributed by atoms with E-state index in [1.54, 1.807) is 14.2 Å². The Morgan fingerprint density at radius 2 is 2.05 bits per heavy atom. The Morgan fingerprint density at radius 1 is 1.30 bits per heavy atom. The fourth-order valence-corrected chi connectivity index (χ4v) is 2.36. The fourth-order valence-electron chi connectivity index (χ4n) is 2.36. The lowest BCUT2D eigenvalue weighted by molar-refractivity contribution is 0.0486. The summed E-state index contributed by atoms with van der Waals surface area (Å²) in [5.74, 6) is 0. The first kappa shape index (κ1) is 17.0. The lowest BCUT2D eigenvalue weighted by Crippen LogP contribution is -2.44. The van der Waals surface area contributed by atoms with Gasteiger partial charge in [-0.2, -0.15) is 0 Å². The number of hydrogen-bond acceptors (Lipinski definition) is 5. The molecular formula is C15H27N3O2. The standard InChI is InChI=1S/C15H27N3O2/c1-12-5-6-14(10-17-12)15(9-16)18(7-8-19-3)13(2)11-20-4/h5-6,10,13,15H,7-9,11,16H2,1-4H3. The van der Waals surface area contributed by atoms with Gasteiger partial charge in [-0.05, 0) is 25.5 Å².